The van der Waals surface area contributed by atoms with Crippen LogP contribution in [0.5, 0.6) is 5.75 Å². The molecule has 0 saturated carbocycles. The monoisotopic (exact) mass is 387 g/mol. The first kappa shape index (κ1) is 19.7. The first-order valence-electron chi connectivity index (χ1n) is 10.4. The normalized spacial score (nSPS) is 17.6. The molecule has 0 bridgehead atoms. The van der Waals surface area contributed by atoms with Crippen molar-refractivity contribution in [1.82, 2.24) is 4.90 Å². The van der Waals surface area contributed by atoms with Crippen molar-refractivity contribution in [2.75, 3.05) is 6.54 Å². The summed E-state index contributed by atoms with van der Waals surface area (Å²) in [5.41, 5.74) is 3.66. The number of nitrogens with zero attached hydrogens (tertiary/aromatic N) is 1. The number of benzene rings is 3. The Kier molecular flexibility index (Phi) is 5.44. The Bertz CT molecular complexity index is 929. The Morgan fingerprint density at radius 2 is 1.48 bits per heavy atom. The van der Waals surface area contributed by atoms with Crippen molar-refractivity contribution in [1.29, 1.82) is 0 Å². The van der Waals surface area contributed by atoms with E-state index < -0.39 is 5.60 Å². The summed E-state index contributed by atoms with van der Waals surface area (Å²) in [5, 5.41) is 22.8. The first-order chi connectivity index (χ1) is 14.0. The smallest absolute Gasteiger partial charge is 0.130 e. The Morgan fingerprint density at radius 3 is 2.07 bits per heavy atom. The van der Waals surface area contributed by atoms with E-state index in [0.717, 1.165) is 47.2 Å². The molecule has 3 aromatic carbocycles. The minimum absolute atomic E-state index is 0.0618. The van der Waals surface area contributed by atoms with Gasteiger partial charge >= 0.3 is 0 Å². The molecule has 2 N–H and O–H groups in total. The van der Waals surface area contributed by atoms with E-state index in [0.29, 0.717) is 12.3 Å². The summed E-state index contributed by atoms with van der Waals surface area (Å²) < 4.78 is 0. The molecule has 0 aliphatic carbocycles. The Hall–Kier alpha value is -2.62. The second kappa shape index (κ2) is 8.02. The summed E-state index contributed by atoms with van der Waals surface area (Å²) in [5.74, 6) is 0.374. The van der Waals surface area contributed by atoms with Crippen LogP contribution < -0.4 is 0 Å². The van der Waals surface area contributed by atoms with Crippen LogP contribution in [0.1, 0.15) is 40.7 Å². The molecule has 1 aliphatic rings. The third kappa shape index (κ3) is 3.57. The van der Waals surface area contributed by atoms with Crippen molar-refractivity contribution in [2.24, 2.45) is 0 Å². The predicted octanol–water partition coefficient (Wildman–Crippen LogP) is 4.91. The van der Waals surface area contributed by atoms with Gasteiger partial charge in [0.05, 0.1) is 0 Å². The lowest BCUT2D eigenvalue weighted by Gasteiger charge is -2.40. The maximum absolute atomic E-state index is 12.2. The summed E-state index contributed by atoms with van der Waals surface area (Å²) in [6, 6.07) is 24.0. The number of phenols is 1. The second-order valence-electron chi connectivity index (χ2n) is 8.14. The van der Waals surface area contributed by atoms with Crippen LogP contribution in [0.3, 0.4) is 0 Å². The third-order valence-electron chi connectivity index (χ3n) is 6.43. The Morgan fingerprint density at radius 1 is 0.897 bits per heavy atom. The zero-order valence-corrected chi connectivity index (χ0v) is 17.2. The molecule has 3 nitrogen and oxygen atoms in total. The van der Waals surface area contributed by atoms with E-state index in [-0.39, 0.29) is 6.04 Å². The summed E-state index contributed by atoms with van der Waals surface area (Å²) in [7, 11) is 0. The first-order valence-corrected chi connectivity index (χ1v) is 10.4. The zero-order chi connectivity index (χ0) is 20.4. The van der Waals surface area contributed by atoms with Gasteiger partial charge in [-0.2, -0.15) is 0 Å². The van der Waals surface area contributed by atoms with Gasteiger partial charge in [0.25, 0.3) is 0 Å². The third-order valence-corrected chi connectivity index (χ3v) is 6.43. The molecule has 0 unspecified atom stereocenters. The second-order valence-corrected chi connectivity index (χ2v) is 8.14. The Balaban J connectivity index is 1.74. The number of aromatic hydroxyl groups is 1. The van der Waals surface area contributed by atoms with Gasteiger partial charge in [0, 0.05) is 18.2 Å². The van der Waals surface area contributed by atoms with Gasteiger partial charge in [-0.3, -0.25) is 4.90 Å². The summed E-state index contributed by atoms with van der Waals surface area (Å²) >= 11 is 0. The van der Waals surface area contributed by atoms with E-state index in [9.17, 15) is 10.2 Å². The molecule has 150 valence electrons. The van der Waals surface area contributed by atoms with Crippen LogP contribution in [0.25, 0.3) is 0 Å². The molecule has 1 aliphatic heterocycles. The van der Waals surface area contributed by atoms with Crippen LogP contribution in [0.2, 0.25) is 0 Å². The number of phenolic OH excluding ortho intramolecular Hbond substituents is 1. The van der Waals surface area contributed by atoms with Crippen LogP contribution in [-0.4, -0.2) is 27.7 Å². The zero-order valence-electron chi connectivity index (χ0n) is 17.2. The van der Waals surface area contributed by atoms with Gasteiger partial charge in [0.2, 0.25) is 0 Å². The molecule has 29 heavy (non-hydrogen) atoms. The van der Waals surface area contributed by atoms with Crippen LogP contribution in [0, 0.1) is 13.8 Å². The average Bonchev–Trinajstić information content (AvgIpc) is 3.23. The molecular formula is C26H29NO2. The van der Waals surface area contributed by atoms with Gasteiger partial charge in [0.1, 0.15) is 11.4 Å². The number of hydrogen-bond acceptors (Lipinski definition) is 3. The van der Waals surface area contributed by atoms with Gasteiger partial charge in [-0.05, 0) is 55.5 Å². The van der Waals surface area contributed by atoms with Crippen LogP contribution >= 0.6 is 0 Å². The highest BCUT2D eigenvalue weighted by Gasteiger charge is 2.45. The van der Waals surface area contributed by atoms with E-state index in [1.54, 1.807) is 0 Å². The van der Waals surface area contributed by atoms with E-state index in [1.165, 1.54) is 0 Å². The number of hydrogen-bond donors (Lipinski definition) is 2. The van der Waals surface area contributed by atoms with E-state index in [4.69, 9.17) is 0 Å². The highest BCUT2D eigenvalue weighted by atomic mass is 16.3. The largest absolute Gasteiger partial charge is 0.507 e. The standard InChI is InChI=1S/C26H29NO2/c1-19-15-16-21(25(28)20(19)2)18-27-17-9-14-24(27)26(29,22-10-5-3-6-11-22)23-12-7-4-8-13-23/h3-8,10-13,15-16,24,28-29H,9,14,17-18H2,1-2H3/t24-/m1/s1. The van der Waals surface area contributed by atoms with Crippen molar-refractivity contribution in [3.05, 3.63) is 101 Å². The van der Waals surface area contributed by atoms with Gasteiger partial charge in [0.15, 0.2) is 0 Å². The van der Waals surface area contributed by atoms with Gasteiger partial charge < -0.3 is 10.2 Å². The molecule has 1 fully saturated rings. The molecular weight excluding hydrogens is 358 g/mol. The van der Waals surface area contributed by atoms with E-state index in [2.05, 4.69) is 11.0 Å². The fourth-order valence-electron chi connectivity index (χ4n) is 4.63. The molecule has 1 saturated heterocycles. The van der Waals surface area contributed by atoms with Crippen molar-refractivity contribution in [2.45, 2.75) is 44.9 Å². The molecule has 0 radical (unpaired) electrons. The molecule has 0 spiro atoms. The van der Waals surface area contributed by atoms with Crippen LogP contribution in [0.15, 0.2) is 72.8 Å². The number of aryl methyl sites for hydroxylation is 1. The fraction of sp³-hybridized carbons (Fsp3) is 0.308. The predicted molar refractivity (Wildman–Crippen MR) is 117 cm³/mol. The summed E-state index contributed by atoms with van der Waals surface area (Å²) in [6.45, 7) is 5.50. The number of aliphatic hydroxyl groups is 1. The SMILES string of the molecule is Cc1ccc(CN2CCC[C@@H]2C(O)(c2ccccc2)c2ccccc2)c(O)c1C. The topological polar surface area (TPSA) is 43.7 Å². The fourth-order valence-corrected chi connectivity index (χ4v) is 4.63. The number of rotatable bonds is 5. The lowest BCUT2D eigenvalue weighted by molar-refractivity contribution is -0.00673. The van der Waals surface area contributed by atoms with Gasteiger partial charge in [-0.25, -0.2) is 0 Å². The maximum atomic E-state index is 12.2. The van der Waals surface area contributed by atoms with Crippen molar-refractivity contribution >= 4 is 0 Å². The lowest BCUT2D eigenvalue weighted by Crippen LogP contribution is -2.48. The van der Waals surface area contributed by atoms with Gasteiger partial charge in [-0.15, -0.1) is 0 Å². The molecule has 0 amide bonds. The van der Waals surface area contributed by atoms with Crippen LogP contribution in [0.4, 0.5) is 0 Å². The molecule has 1 atom stereocenters. The van der Waals surface area contributed by atoms with Crippen molar-refractivity contribution < 1.29 is 10.2 Å². The maximum Gasteiger partial charge on any atom is 0.130 e. The summed E-state index contributed by atoms with van der Waals surface area (Å²) in [6.07, 6.45) is 1.93. The molecule has 1 heterocycles. The quantitative estimate of drug-likeness (QED) is 0.654. The highest BCUT2D eigenvalue weighted by Crippen LogP contribution is 2.41. The highest BCUT2D eigenvalue weighted by molar-refractivity contribution is 5.44. The summed E-state index contributed by atoms with van der Waals surface area (Å²) in [4.78, 5) is 2.32. The number of likely N-dealkylation sites (tertiary alicyclic amines) is 1. The average molecular weight is 388 g/mol. The Labute approximate surface area is 173 Å². The lowest BCUT2D eigenvalue weighted by atomic mass is 9.79. The minimum Gasteiger partial charge on any atom is -0.507 e. The van der Waals surface area contributed by atoms with E-state index in [1.807, 2.05) is 80.6 Å². The molecule has 3 aromatic rings. The molecule has 4 rings (SSSR count). The molecule has 0 aromatic heterocycles. The van der Waals surface area contributed by atoms with Crippen molar-refractivity contribution in [3.63, 3.8) is 0 Å². The minimum atomic E-state index is -1.10. The van der Waals surface area contributed by atoms with Gasteiger partial charge in [-0.1, -0.05) is 72.8 Å². The van der Waals surface area contributed by atoms with Crippen LogP contribution in [-0.2, 0) is 12.1 Å². The van der Waals surface area contributed by atoms with E-state index >= 15 is 0 Å². The van der Waals surface area contributed by atoms with Crippen molar-refractivity contribution in [3.8, 4) is 5.75 Å². The molecule has 3 heteroatoms.